The van der Waals surface area contributed by atoms with E-state index in [4.69, 9.17) is 0 Å². The van der Waals surface area contributed by atoms with E-state index < -0.39 is 12.5 Å². The summed E-state index contributed by atoms with van der Waals surface area (Å²) in [6, 6.07) is 0. The Hall–Kier alpha value is -0.0600. The largest absolute Gasteiger partial charge is 1.00 e. The third-order valence-corrected chi connectivity index (χ3v) is 0.907. The molecule has 1 amide bonds. The maximum Gasteiger partial charge on any atom is 1.00 e. The molecule has 0 bridgehead atoms. The van der Waals surface area contributed by atoms with Gasteiger partial charge in [-0.3, -0.25) is 4.79 Å². The van der Waals surface area contributed by atoms with Gasteiger partial charge in [-0.15, -0.1) is 0 Å². The van der Waals surface area contributed by atoms with Crippen molar-refractivity contribution in [2.75, 3.05) is 6.54 Å². The predicted octanol–water partition coefficient (Wildman–Crippen LogP) is -4.34. The Bertz CT molecular complexity index is 138. The summed E-state index contributed by atoms with van der Waals surface area (Å²) < 4.78 is 0. The fourth-order valence-electron chi connectivity index (χ4n) is 0.486. The number of nitrogens with one attached hydrogen (secondary N) is 1. The van der Waals surface area contributed by atoms with E-state index in [0.717, 1.165) is 6.42 Å². The summed E-state index contributed by atoms with van der Waals surface area (Å²) in [5.41, 5.74) is 0. The Morgan fingerprint density at radius 1 is 1.45 bits per heavy atom. The van der Waals surface area contributed by atoms with Crippen molar-refractivity contribution < 1.29 is 44.3 Å². The molecule has 0 aliphatic heterocycles. The summed E-state index contributed by atoms with van der Waals surface area (Å²) in [4.78, 5) is 20.3. The fraction of sp³-hybridized carbons (Fsp3) is 0.667. The molecule has 0 atom stereocenters. The summed E-state index contributed by atoms with van der Waals surface area (Å²) in [7, 11) is 0. The van der Waals surface area contributed by atoms with E-state index >= 15 is 0 Å². The monoisotopic (exact) mass is 167 g/mol. The van der Waals surface area contributed by atoms with E-state index in [1.165, 1.54) is 0 Å². The molecule has 0 saturated heterocycles. The summed E-state index contributed by atoms with van der Waals surface area (Å²) in [6.45, 7) is 1.46. The van der Waals surface area contributed by atoms with Crippen LogP contribution < -0.4 is 40.0 Å². The van der Waals surface area contributed by atoms with Gasteiger partial charge in [-0.1, -0.05) is 6.92 Å². The molecule has 0 rings (SSSR count). The van der Waals surface area contributed by atoms with Crippen LogP contribution in [0.4, 0.5) is 0 Å². The maximum atomic E-state index is 10.5. The maximum absolute atomic E-state index is 10.5. The SMILES string of the molecule is CCCC(=O)NCC(=O)[O-].[Na+]. The molecular weight excluding hydrogens is 157 g/mol. The molecule has 0 aromatic rings. The summed E-state index contributed by atoms with van der Waals surface area (Å²) in [5, 5.41) is 12.0. The van der Waals surface area contributed by atoms with Gasteiger partial charge >= 0.3 is 29.6 Å². The minimum Gasteiger partial charge on any atom is -0.548 e. The first-order chi connectivity index (χ1) is 4.66. The van der Waals surface area contributed by atoms with E-state index in [9.17, 15) is 14.7 Å². The van der Waals surface area contributed by atoms with Gasteiger partial charge in [-0.05, 0) is 6.42 Å². The van der Waals surface area contributed by atoms with Crippen LogP contribution in [0, 0.1) is 0 Å². The van der Waals surface area contributed by atoms with Gasteiger partial charge in [0.05, 0.1) is 12.5 Å². The molecule has 1 N–H and O–H groups in total. The van der Waals surface area contributed by atoms with Gasteiger partial charge in [0.2, 0.25) is 5.91 Å². The molecule has 0 aromatic heterocycles. The van der Waals surface area contributed by atoms with Gasteiger partial charge < -0.3 is 15.2 Å². The number of aliphatic carboxylic acids is 1. The average Bonchev–Trinajstić information content (AvgIpc) is 1.85. The Balaban J connectivity index is 0. The molecule has 11 heavy (non-hydrogen) atoms. The first-order valence-electron chi connectivity index (χ1n) is 3.13. The van der Waals surface area contributed by atoms with Crippen molar-refractivity contribution in [3.8, 4) is 0 Å². The van der Waals surface area contributed by atoms with Gasteiger partial charge in [0.15, 0.2) is 0 Å². The number of hydrogen-bond donors (Lipinski definition) is 1. The van der Waals surface area contributed by atoms with Crippen LogP contribution in [0.2, 0.25) is 0 Å². The van der Waals surface area contributed by atoms with Gasteiger partial charge in [0.1, 0.15) is 0 Å². The third kappa shape index (κ3) is 9.94. The zero-order valence-electron chi connectivity index (χ0n) is 6.85. The van der Waals surface area contributed by atoms with Crippen molar-refractivity contribution in [3.63, 3.8) is 0 Å². The van der Waals surface area contributed by atoms with Crippen LogP contribution in [-0.4, -0.2) is 18.4 Å². The minimum atomic E-state index is -1.26. The summed E-state index contributed by atoms with van der Waals surface area (Å²) in [6.07, 6.45) is 1.09. The van der Waals surface area contributed by atoms with Crippen molar-refractivity contribution in [3.05, 3.63) is 0 Å². The Labute approximate surface area is 87.6 Å². The number of carbonyl (C=O) groups is 2. The van der Waals surface area contributed by atoms with Gasteiger partial charge in [-0.25, -0.2) is 0 Å². The van der Waals surface area contributed by atoms with E-state index in [1.54, 1.807) is 0 Å². The molecule has 0 aliphatic rings. The quantitative estimate of drug-likeness (QED) is 0.430. The first-order valence-corrected chi connectivity index (χ1v) is 3.13. The second-order valence-corrected chi connectivity index (χ2v) is 1.90. The standard InChI is InChI=1S/C6H11NO3.Na/c1-2-3-5(8)7-4-6(9)10;/h2-4H2,1H3,(H,7,8)(H,9,10);/q;+1/p-1. The number of rotatable bonds is 4. The van der Waals surface area contributed by atoms with E-state index in [-0.39, 0.29) is 35.5 Å². The number of carbonyl (C=O) groups excluding carboxylic acids is 2. The molecule has 0 aliphatic carbocycles. The molecule has 0 unspecified atom stereocenters. The van der Waals surface area contributed by atoms with Crippen LogP contribution >= 0.6 is 0 Å². The molecule has 5 heteroatoms. The topological polar surface area (TPSA) is 69.2 Å². The molecule has 0 aromatic carbocycles. The van der Waals surface area contributed by atoms with Crippen molar-refractivity contribution >= 4 is 11.9 Å². The zero-order chi connectivity index (χ0) is 7.98. The van der Waals surface area contributed by atoms with Crippen molar-refractivity contribution in [2.45, 2.75) is 19.8 Å². The van der Waals surface area contributed by atoms with Crippen LogP contribution in [0.15, 0.2) is 0 Å². The van der Waals surface area contributed by atoms with Crippen LogP contribution in [0.1, 0.15) is 19.8 Å². The Morgan fingerprint density at radius 3 is 2.36 bits per heavy atom. The molecule has 0 spiro atoms. The number of hydrogen-bond acceptors (Lipinski definition) is 3. The summed E-state index contributed by atoms with van der Waals surface area (Å²) >= 11 is 0. The van der Waals surface area contributed by atoms with E-state index in [0.29, 0.717) is 6.42 Å². The predicted molar refractivity (Wildman–Crippen MR) is 32.9 cm³/mol. The number of carboxylic acids is 1. The zero-order valence-corrected chi connectivity index (χ0v) is 8.85. The molecular formula is C6H10NNaO3. The van der Waals surface area contributed by atoms with E-state index in [1.807, 2.05) is 6.92 Å². The minimum absolute atomic E-state index is 0. The Kier molecular flexibility index (Phi) is 9.89. The molecule has 0 radical (unpaired) electrons. The van der Waals surface area contributed by atoms with E-state index in [2.05, 4.69) is 5.32 Å². The van der Waals surface area contributed by atoms with Crippen molar-refractivity contribution in [1.82, 2.24) is 5.32 Å². The van der Waals surface area contributed by atoms with Crippen LogP contribution in [0.5, 0.6) is 0 Å². The van der Waals surface area contributed by atoms with Crippen LogP contribution in [0.25, 0.3) is 0 Å². The smallest absolute Gasteiger partial charge is 0.548 e. The molecule has 0 heterocycles. The van der Waals surface area contributed by atoms with Gasteiger partial charge in [-0.2, -0.15) is 0 Å². The molecule has 58 valence electrons. The molecule has 0 fully saturated rings. The van der Waals surface area contributed by atoms with Crippen molar-refractivity contribution in [1.29, 1.82) is 0 Å². The Morgan fingerprint density at radius 2 is 2.00 bits per heavy atom. The molecule has 0 saturated carbocycles. The number of amides is 1. The summed E-state index contributed by atoms with van der Waals surface area (Å²) in [5.74, 6) is -1.50. The number of carboxylic acid groups (broad SMARTS) is 1. The molecule has 4 nitrogen and oxygen atoms in total. The van der Waals surface area contributed by atoms with Crippen molar-refractivity contribution in [2.24, 2.45) is 0 Å². The van der Waals surface area contributed by atoms with Gasteiger partial charge in [0, 0.05) is 6.42 Å². The second kappa shape index (κ2) is 8.04. The fourth-order valence-corrected chi connectivity index (χ4v) is 0.486. The van der Waals surface area contributed by atoms with Gasteiger partial charge in [0.25, 0.3) is 0 Å². The first kappa shape index (κ1) is 13.5. The average molecular weight is 167 g/mol. The van der Waals surface area contributed by atoms with Crippen LogP contribution in [-0.2, 0) is 9.59 Å². The second-order valence-electron chi connectivity index (χ2n) is 1.90. The third-order valence-electron chi connectivity index (χ3n) is 0.907. The van der Waals surface area contributed by atoms with Crippen LogP contribution in [0.3, 0.4) is 0 Å². The normalized spacial score (nSPS) is 8.09.